The molecule has 2 N–H and O–H groups in total. The molecule has 0 radical (unpaired) electrons. The van der Waals surface area contributed by atoms with Crippen molar-refractivity contribution in [3.63, 3.8) is 0 Å². The number of ether oxygens (including phenoxy) is 1. The molecule has 0 aliphatic rings. The average molecular weight is 266 g/mol. The van der Waals surface area contributed by atoms with Crippen molar-refractivity contribution in [2.24, 2.45) is 0 Å². The van der Waals surface area contributed by atoms with E-state index in [2.05, 4.69) is 10.6 Å². The van der Waals surface area contributed by atoms with Crippen molar-refractivity contribution < 1.29 is 17.9 Å². The minimum absolute atomic E-state index is 0.0684. The molecule has 1 unspecified atom stereocenters. The van der Waals surface area contributed by atoms with Gasteiger partial charge in [-0.05, 0) is 6.92 Å². The minimum atomic E-state index is -2.97. The first-order chi connectivity index (χ1) is 7.85. The quantitative estimate of drug-likeness (QED) is 0.532. The van der Waals surface area contributed by atoms with Gasteiger partial charge in [-0.25, -0.2) is 8.42 Å². The van der Waals surface area contributed by atoms with Gasteiger partial charge in [-0.15, -0.1) is 0 Å². The van der Waals surface area contributed by atoms with Crippen molar-refractivity contribution >= 4 is 15.7 Å². The fourth-order valence-corrected chi connectivity index (χ4v) is 2.35. The van der Waals surface area contributed by atoms with Gasteiger partial charge in [-0.3, -0.25) is 4.79 Å². The molecular weight excluding hydrogens is 244 g/mol. The summed E-state index contributed by atoms with van der Waals surface area (Å²) in [6.45, 7) is 3.23. The molecule has 0 fully saturated rings. The molecule has 0 aromatic heterocycles. The third kappa shape index (κ3) is 11.6. The van der Waals surface area contributed by atoms with E-state index in [0.717, 1.165) is 0 Å². The number of nitrogens with one attached hydrogen (secondary N) is 2. The Hall–Kier alpha value is -0.660. The smallest absolute Gasteiger partial charge is 0.221 e. The van der Waals surface area contributed by atoms with Crippen LogP contribution in [-0.4, -0.2) is 59.2 Å². The Labute approximate surface area is 103 Å². The van der Waals surface area contributed by atoms with Gasteiger partial charge in [0.1, 0.15) is 9.84 Å². The number of methoxy groups -OCH3 is 1. The Kier molecular flexibility index (Phi) is 8.11. The van der Waals surface area contributed by atoms with Gasteiger partial charge in [-0.1, -0.05) is 0 Å². The van der Waals surface area contributed by atoms with Crippen LogP contribution in [0.15, 0.2) is 0 Å². The summed E-state index contributed by atoms with van der Waals surface area (Å²) in [5.41, 5.74) is 0. The van der Waals surface area contributed by atoms with Crippen LogP contribution >= 0.6 is 0 Å². The van der Waals surface area contributed by atoms with Gasteiger partial charge in [0.15, 0.2) is 0 Å². The number of hydrogen-bond donors (Lipinski definition) is 2. The van der Waals surface area contributed by atoms with Crippen LogP contribution in [0.2, 0.25) is 0 Å². The normalized spacial score (nSPS) is 13.4. The van der Waals surface area contributed by atoms with E-state index in [1.807, 2.05) is 0 Å². The van der Waals surface area contributed by atoms with Crippen LogP contribution in [0.25, 0.3) is 0 Å². The van der Waals surface area contributed by atoms with Crippen molar-refractivity contribution in [3.05, 3.63) is 0 Å². The second-order valence-electron chi connectivity index (χ2n) is 4.04. The fraction of sp³-hybridized carbons (Fsp3) is 0.900. The molecule has 0 aliphatic heterocycles. The summed E-state index contributed by atoms with van der Waals surface area (Å²) in [5, 5.41) is 5.67. The Bertz CT molecular complexity index is 316. The molecule has 0 spiro atoms. The van der Waals surface area contributed by atoms with E-state index in [9.17, 15) is 13.2 Å². The first-order valence-corrected chi connectivity index (χ1v) is 7.58. The third-order valence-electron chi connectivity index (χ3n) is 2.03. The van der Waals surface area contributed by atoms with Crippen LogP contribution in [-0.2, 0) is 19.4 Å². The lowest BCUT2D eigenvalue weighted by atomic mass is 10.3. The van der Waals surface area contributed by atoms with Crippen LogP contribution in [0.4, 0.5) is 0 Å². The number of rotatable bonds is 9. The zero-order valence-electron chi connectivity index (χ0n) is 10.7. The number of carbonyl (C=O) groups is 1. The van der Waals surface area contributed by atoms with E-state index in [1.165, 1.54) is 6.26 Å². The molecule has 102 valence electrons. The highest BCUT2D eigenvalue weighted by Crippen LogP contribution is 1.90. The van der Waals surface area contributed by atoms with Crippen molar-refractivity contribution in [1.82, 2.24) is 10.6 Å². The molecule has 0 aliphatic carbocycles. The van der Waals surface area contributed by atoms with Gasteiger partial charge in [-0.2, -0.15) is 0 Å². The first-order valence-electron chi connectivity index (χ1n) is 5.52. The largest absolute Gasteiger partial charge is 0.383 e. The first kappa shape index (κ1) is 16.3. The van der Waals surface area contributed by atoms with Crippen LogP contribution in [0.5, 0.6) is 0 Å². The van der Waals surface area contributed by atoms with Crippen LogP contribution in [0.3, 0.4) is 0 Å². The molecule has 6 nitrogen and oxygen atoms in total. The highest BCUT2D eigenvalue weighted by atomic mass is 32.2. The summed E-state index contributed by atoms with van der Waals surface area (Å²) in [7, 11) is -1.40. The maximum Gasteiger partial charge on any atom is 0.221 e. The van der Waals surface area contributed by atoms with Crippen molar-refractivity contribution in [1.29, 1.82) is 0 Å². The molecule has 1 amide bonds. The Morgan fingerprint density at radius 3 is 2.53 bits per heavy atom. The third-order valence-corrected chi connectivity index (χ3v) is 3.13. The van der Waals surface area contributed by atoms with Crippen molar-refractivity contribution in [3.8, 4) is 0 Å². The molecule has 0 rings (SSSR count). The summed E-state index contributed by atoms with van der Waals surface area (Å²) in [4.78, 5) is 11.3. The SMILES string of the molecule is COCCNC(=O)CCNC(C)CS(C)(=O)=O. The van der Waals surface area contributed by atoms with Crippen LogP contribution in [0, 0.1) is 0 Å². The van der Waals surface area contributed by atoms with E-state index < -0.39 is 9.84 Å². The van der Waals surface area contributed by atoms with E-state index in [1.54, 1.807) is 14.0 Å². The zero-order chi connectivity index (χ0) is 13.3. The lowest BCUT2D eigenvalue weighted by molar-refractivity contribution is -0.121. The second kappa shape index (κ2) is 8.43. The number of sulfone groups is 1. The van der Waals surface area contributed by atoms with E-state index in [-0.39, 0.29) is 17.7 Å². The maximum atomic E-state index is 11.3. The van der Waals surface area contributed by atoms with Crippen LogP contribution < -0.4 is 10.6 Å². The summed E-state index contributed by atoms with van der Waals surface area (Å²) in [6, 6.07) is -0.142. The average Bonchev–Trinajstić information content (AvgIpc) is 2.15. The van der Waals surface area contributed by atoms with Gasteiger partial charge in [0.05, 0.1) is 12.4 Å². The summed E-state index contributed by atoms with van der Waals surface area (Å²) in [6.07, 6.45) is 1.53. The predicted octanol–water partition coefficient (Wildman–Crippen LogP) is -0.838. The van der Waals surface area contributed by atoms with Crippen molar-refractivity contribution in [2.45, 2.75) is 19.4 Å². The lowest BCUT2D eigenvalue weighted by Crippen LogP contribution is -2.36. The molecule has 0 saturated carbocycles. The topological polar surface area (TPSA) is 84.5 Å². The van der Waals surface area contributed by atoms with Gasteiger partial charge in [0, 0.05) is 38.9 Å². The molecule has 17 heavy (non-hydrogen) atoms. The van der Waals surface area contributed by atoms with Crippen LogP contribution in [0.1, 0.15) is 13.3 Å². The molecule has 0 heterocycles. The number of amides is 1. The highest BCUT2D eigenvalue weighted by Gasteiger charge is 2.10. The summed E-state index contributed by atoms with van der Waals surface area (Å²) in [5.74, 6) is 0.0132. The molecule has 1 atom stereocenters. The van der Waals surface area contributed by atoms with E-state index in [4.69, 9.17) is 4.74 Å². The molecule has 0 saturated heterocycles. The zero-order valence-corrected chi connectivity index (χ0v) is 11.5. The molecule has 7 heteroatoms. The predicted molar refractivity (Wildman–Crippen MR) is 66.7 cm³/mol. The summed E-state index contributed by atoms with van der Waals surface area (Å²) >= 11 is 0. The monoisotopic (exact) mass is 266 g/mol. The fourth-order valence-electron chi connectivity index (χ4n) is 1.33. The molecule has 0 aromatic carbocycles. The lowest BCUT2D eigenvalue weighted by Gasteiger charge is -2.12. The van der Waals surface area contributed by atoms with E-state index in [0.29, 0.717) is 26.1 Å². The van der Waals surface area contributed by atoms with Gasteiger partial charge in [0.2, 0.25) is 5.91 Å². The minimum Gasteiger partial charge on any atom is -0.383 e. The Morgan fingerprint density at radius 2 is 2.00 bits per heavy atom. The van der Waals surface area contributed by atoms with Gasteiger partial charge >= 0.3 is 0 Å². The highest BCUT2D eigenvalue weighted by molar-refractivity contribution is 7.90. The van der Waals surface area contributed by atoms with Gasteiger partial charge < -0.3 is 15.4 Å². The molecular formula is C10H22N2O4S. The van der Waals surface area contributed by atoms with Crippen molar-refractivity contribution in [2.75, 3.05) is 38.8 Å². The number of carbonyl (C=O) groups excluding carboxylic acids is 1. The number of hydrogen-bond acceptors (Lipinski definition) is 5. The Morgan fingerprint density at radius 1 is 1.35 bits per heavy atom. The van der Waals surface area contributed by atoms with Gasteiger partial charge in [0.25, 0.3) is 0 Å². The molecule has 0 aromatic rings. The Balaban J connectivity index is 3.59. The summed E-state index contributed by atoms with van der Waals surface area (Å²) < 4.78 is 26.8. The molecule has 0 bridgehead atoms. The second-order valence-corrected chi connectivity index (χ2v) is 6.23. The van der Waals surface area contributed by atoms with E-state index >= 15 is 0 Å². The maximum absolute atomic E-state index is 11.3. The standard InChI is InChI=1S/C10H22N2O4S/c1-9(8-17(3,14)15)11-5-4-10(13)12-6-7-16-2/h9,11H,4-8H2,1-3H3,(H,12,13).